The fourth-order valence-electron chi connectivity index (χ4n) is 3.35. The number of piperidine rings is 1. The molecule has 0 saturated carbocycles. The van der Waals surface area contributed by atoms with E-state index < -0.39 is 6.09 Å². The Kier molecular flexibility index (Phi) is 4.11. The minimum atomic E-state index is -0.847. The topological polar surface area (TPSA) is 83.0 Å². The van der Waals surface area contributed by atoms with Gasteiger partial charge in [-0.25, -0.2) is 4.79 Å². The summed E-state index contributed by atoms with van der Waals surface area (Å²) in [5.41, 5.74) is 0.824. The van der Waals surface area contributed by atoms with Gasteiger partial charge in [-0.3, -0.25) is 9.78 Å². The molecule has 2 fully saturated rings. The van der Waals surface area contributed by atoms with E-state index in [1.54, 1.807) is 25.4 Å². The van der Waals surface area contributed by atoms with Crippen molar-refractivity contribution in [2.45, 2.75) is 19.3 Å². The summed E-state index contributed by atoms with van der Waals surface area (Å²) in [6.07, 6.45) is 2.80. The zero-order valence-electron chi connectivity index (χ0n) is 13.2. The van der Waals surface area contributed by atoms with Crippen LogP contribution in [-0.4, -0.2) is 65.2 Å². The molecule has 7 nitrogen and oxygen atoms in total. The Balaban J connectivity index is 1.49. The third kappa shape index (κ3) is 3.23. The number of hydrogen-bond donors (Lipinski definition) is 1. The number of carbonyl (C=O) groups is 2. The molecule has 1 aromatic rings. The SMILES string of the molecule is COc1ccc(CC(=O)N2CCC3(CC2)CN(C(=O)O)C3)nc1. The maximum absolute atomic E-state index is 12.4. The van der Waals surface area contributed by atoms with Gasteiger partial charge in [0.25, 0.3) is 0 Å². The number of carbonyl (C=O) groups excluding carboxylic acids is 1. The summed E-state index contributed by atoms with van der Waals surface area (Å²) in [4.78, 5) is 30.8. The Morgan fingerprint density at radius 2 is 1.96 bits per heavy atom. The number of ether oxygens (including phenoxy) is 1. The summed E-state index contributed by atoms with van der Waals surface area (Å²) >= 11 is 0. The van der Waals surface area contributed by atoms with Crippen molar-refractivity contribution in [2.24, 2.45) is 5.41 Å². The molecular weight excluding hydrogens is 298 g/mol. The molecule has 0 aromatic carbocycles. The van der Waals surface area contributed by atoms with Gasteiger partial charge in [-0.05, 0) is 25.0 Å². The smallest absolute Gasteiger partial charge is 0.407 e. The van der Waals surface area contributed by atoms with Gasteiger partial charge in [0.15, 0.2) is 0 Å². The quantitative estimate of drug-likeness (QED) is 0.906. The minimum absolute atomic E-state index is 0.0759. The molecular formula is C16H21N3O4. The second kappa shape index (κ2) is 6.06. The molecule has 1 N–H and O–H groups in total. The first kappa shape index (κ1) is 15.6. The zero-order valence-corrected chi connectivity index (χ0v) is 13.2. The minimum Gasteiger partial charge on any atom is -0.495 e. The van der Waals surface area contributed by atoms with Crippen LogP contribution in [0.25, 0.3) is 0 Å². The molecule has 1 aromatic heterocycles. The molecule has 124 valence electrons. The number of amides is 2. The van der Waals surface area contributed by atoms with Crippen molar-refractivity contribution in [1.29, 1.82) is 0 Å². The van der Waals surface area contributed by atoms with E-state index in [1.807, 2.05) is 4.90 Å². The van der Waals surface area contributed by atoms with Crippen molar-refractivity contribution in [3.05, 3.63) is 24.0 Å². The molecule has 2 saturated heterocycles. The van der Waals surface area contributed by atoms with Gasteiger partial charge in [0.2, 0.25) is 5.91 Å². The molecule has 2 amide bonds. The van der Waals surface area contributed by atoms with Crippen LogP contribution >= 0.6 is 0 Å². The van der Waals surface area contributed by atoms with Crippen molar-refractivity contribution in [3.63, 3.8) is 0 Å². The molecule has 0 radical (unpaired) electrons. The van der Waals surface area contributed by atoms with E-state index >= 15 is 0 Å². The van der Waals surface area contributed by atoms with Gasteiger partial charge in [-0.1, -0.05) is 0 Å². The Morgan fingerprint density at radius 1 is 1.26 bits per heavy atom. The average Bonchev–Trinajstić information content (AvgIpc) is 2.53. The Morgan fingerprint density at radius 3 is 2.48 bits per heavy atom. The van der Waals surface area contributed by atoms with Gasteiger partial charge in [0.1, 0.15) is 5.75 Å². The largest absolute Gasteiger partial charge is 0.495 e. The molecule has 0 bridgehead atoms. The fraction of sp³-hybridized carbons (Fsp3) is 0.562. The third-order valence-corrected chi connectivity index (χ3v) is 4.87. The highest BCUT2D eigenvalue weighted by Crippen LogP contribution is 2.40. The summed E-state index contributed by atoms with van der Waals surface area (Å²) in [7, 11) is 1.58. The zero-order chi connectivity index (χ0) is 16.4. The third-order valence-electron chi connectivity index (χ3n) is 4.87. The number of nitrogens with zero attached hydrogens (tertiary/aromatic N) is 3. The number of carboxylic acid groups (broad SMARTS) is 1. The number of aromatic nitrogens is 1. The van der Waals surface area contributed by atoms with Crippen LogP contribution in [-0.2, 0) is 11.2 Å². The van der Waals surface area contributed by atoms with E-state index in [1.165, 1.54) is 4.90 Å². The molecule has 0 unspecified atom stereocenters. The van der Waals surface area contributed by atoms with Crippen LogP contribution in [0.3, 0.4) is 0 Å². The monoisotopic (exact) mass is 319 g/mol. The van der Waals surface area contributed by atoms with E-state index in [0.29, 0.717) is 31.9 Å². The number of likely N-dealkylation sites (tertiary alicyclic amines) is 2. The molecule has 3 rings (SSSR count). The van der Waals surface area contributed by atoms with E-state index in [9.17, 15) is 9.59 Å². The molecule has 23 heavy (non-hydrogen) atoms. The number of hydrogen-bond acceptors (Lipinski definition) is 4. The van der Waals surface area contributed by atoms with Crippen LogP contribution < -0.4 is 4.74 Å². The average molecular weight is 319 g/mol. The maximum Gasteiger partial charge on any atom is 0.407 e. The molecule has 7 heteroatoms. The van der Waals surface area contributed by atoms with Gasteiger partial charge in [-0.2, -0.15) is 0 Å². The van der Waals surface area contributed by atoms with E-state index in [2.05, 4.69) is 4.98 Å². The molecule has 3 heterocycles. The lowest BCUT2D eigenvalue weighted by molar-refractivity contribution is -0.135. The highest BCUT2D eigenvalue weighted by Gasteiger charge is 2.47. The van der Waals surface area contributed by atoms with Crippen molar-refractivity contribution < 1.29 is 19.4 Å². The second-order valence-electron chi connectivity index (χ2n) is 6.39. The number of methoxy groups -OCH3 is 1. The van der Waals surface area contributed by atoms with Crippen LogP contribution in [0.5, 0.6) is 5.75 Å². The maximum atomic E-state index is 12.4. The predicted molar refractivity (Wildman–Crippen MR) is 82.3 cm³/mol. The van der Waals surface area contributed by atoms with E-state index in [0.717, 1.165) is 18.5 Å². The summed E-state index contributed by atoms with van der Waals surface area (Å²) in [5.74, 6) is 0.751. The molecule has 0 atom stereocenters. The van der Waals surface area contributed by atoms with Crippen LogP contribution in [0.4, 0.5) is 4.79 Å². The van der Waals surface area contributed by atoms with Crippen molar-refractivity contribution >= 4 is 12.0 Å². The van der Waals surface area contributed by atoms with Crippen LogP contribution in [0.15, 0.2) is 18.3 Å². The first-order chi connectivity index (χ1) is 11.0. The second-order valence-corrected chi connectivity index (χ2v) is 6.39. The number of pyridine rings is 1. The first-order valence-corrected chi connectivity index (χ1v) is 7.76. The fourth-order valence-corrected chi connectivity index (χ4v) is 3.35. The van der Waals surface area contributed by atoms with Crippen LogP contribution in [0, 0.1) is 5.41 Å². The first-order valence-electron chi connectivity index (χ1n) is 7.76. The summed E-state index contributed by atoms with van der Waals surface area (Å²) in [5, 5.41) is 8.93. The molecule has 1 spiro atoms. The van der Waals surface area contributed by atoms with Crippen LogP contribution in [0.1, 0.15) is 18.5 Å². The van der Waals surface area contributed by atoms with Crippen LogP contribution in [0.2, 0.25) is 0 Å². The standard InChI is InChI=1S/C16H21N3O4/c1-23-13-3-2-12(17-9-13)8-14(20)18-6-4-16(5-7-18)10-19(11-16)15(21)22/h2-3,9H,4-8,10-11H2,1H3,(H,21,22). The summed E-state index contributed by atoms with van der Waals surface area (Å²) < 4.78 is 5.05. The Bertz CT molecular complexity index is 586. The number of rotatable bonds is 3. The van der Waals surface area contributed by atoms with E-state index in [-0.39, 0.29) is 17.7 Å². The van der Waals surface area contributed by atoms with Gasteiger partial charge in [0, 0.05) is 37.3 Å². The van der Waals surface area contributed by atoms with Crippen molar-refractivity contribution in [2.75, 3.05) is 33.3 Å². The lowest BCUT2D eigenvalue weighted by atomic mass is 9.72. The Hall–Kier alpha value is -2.31. The van der Waals surface area contributed by atoms with Crippen molar-refractivity contribution in [3.8, 4) is 5.75 Å². The summed E-state index contributed by atoms with van der Waals surface area (Å²) in [6, 6.07) is 3.61. The predicted octanol–water partition coefficient (Wildman–Crippen LogP) is 1.24. The van der Waals surface area contributed by atoms with E-state index in [4.69, 9.17) is 9.84 Å². The molecule has 0 aliphatic carbocycles. The van der Waals surface area contributed by atoms with Gasteiger partial charge >= 0.3 is 6.09 Å². The van der Waals surface area contributed by atoms with Gasteiger partial charge in [-0.15, -0.1) is 0 Å². The summed E-state index contributed by atoms with van der Waals surface area (Å²) in [6.45, 7) is 2.60. The lowest BCUT2D eigenvalue weighted by Crippen LogP contribution is -2.62. The van der Waals surface area contributed by atoms with Gasteiger partial charge in [0.05, 0.1) is 19.7 Å². The van der Waals surface area contributed by atoms with Crippen molar-refractivity contribution in [1.82, 2.24) is 14.8 Å². The normalized spacial score (nSPS) is 19.3. The highest BCUT2D eigenvalue weighted by atomic mass is 16.5. The molecule has 2 aliphatic heterocycles. The highest BCUT2D eigenvalue weighted by molar-refractivity contribution is 5.78. The Labute approximate surface area is 134 Å². The lowest BCUT2D eigenvalue weighted by Gasteiger charge is -2.52. The van der Waals surface area contributed by atoms with Gasteiger partial charge < -0.3 is 19.6 Å². The molecule has 2 aliphatic rings.